The molecule has 0 saturated carbocycles. The second-order valence-electron chi connectivity index (χ2n) is 1.53. The molecule has 5 N–H and O–H groups in total. The summed E-state index contributed by atoms with van der Waals surface area (Å²) >= 11 is 0. The monoisotopic (exact) mass is 152 g/mol. The highest BCUT2D eigenvalue weighted by Crippen LogP contribution is 1.99. The summed E-state index contributed by atoms with van der Waals surface area (Å²) in [5, 5.41) is 0. The molecule has 0 rings (SSSR count). The number of rotatable bonds is 2. The molecule has 54 valence electrons. The van der Waals surface area contributed by atoms with Crippen molar-refractivity contribution in [3.05, 3.63) is 12.7 Å². The summed E-state index contributed by atoms with van der Waals surface area (Å²) in [6.45, 7) is 3.01. The highest BCUT2D eigenvalue weighted by Gasteiger charge is 2.29. The first-order chi connectivity index (χ1) is 3.81. The summed E-state index contributed by atoms with van der Waals surface area (Å²) in [6.07, 6.45) is 0.738. The lowest BCUT2D eigenvalue weighted by Gasteiger charge is -2.14. The molecule has 9 heavy (non-hydrogen) atoms. The van der Waals surface area contributed by atoms with E-state index < -0.39 is 15.1 Å². The summed E-state index contributed by atoms with van der Waals surface area (Å²) in [6, 6.07) is 0. The first kappa shape index (κ1) is 8.57. The Bertz CT molecular complexity index is 205. The minimum atomic E-state index is -4.41. The highest BCUT2D eigenvalue weighted by atomic mass is 32.2. The number of hydrogen-bond acceptors (Lipinski definition) is 4. The van der Waals surface area contributed by atoms with Crippen molar-refractivity contribution in [2.45, 2.75) is 4.99 Å². The van der Waals surface area contributed by atoms with Gasteiger partial charge in [-0.1, -0.05) is 6.58 Å². The van der Waals surface area contributed by atoms with Gasteiger partial charge in [-0.3, -0.25) is 16.0 Å². The van der Waals surface area contributed by atoms with E-state index in [-0.39, 0.29) is 0 Å². The van der Waals surface area contributed by atoms with Gasteiger partial charge in [-0.15, -0.1) is 0 Å². The van der Waals surface area contributed by atoms with E-state index >= 15 is 0 Å². The minimum Gasteiger partial charge on any atom is -0.295 e. The van der Waals surface area contributed by atoms with Gasteiger partial charge in [0.15, 0.2) is 0 Å². The van der Waals surface area contributed by atoms with Gasteiger partial charge in [0.05, 0.1) is 0 Å². The first-order valence-electron chi connectivity index (χ1n) is 1.99. The van der Waals surface area contributed by atoms with E-state index in [1.807, 2.05) is 0 Å². The Morgan fingerprint density at radius 2 is 1.89 bits per heavy atom. The Labute approximate surface area is 53.1 Å². The maximum atomic E-state index is 10.1. The fourth-order valence-corrected chi connectivity index (χ4v) is 0.316. The van der Waals surface area contributed by atoms with Gasteiger partial charge in [0.2, 0.25) is 4.99 Å². The molecule has 0 aliphatic carbocycles. The first-order valence-corrected chi connectivity index (χ1v) is 3.43. The molecule has 0 saturated heterocycles. The van der Waals surface area contributed by atoms with Crippen molar-refractivity contribution in [2.75, 3.05) is 0 Å². The van der Waals surface area contributed by atoms with Crippen LogP contribution in [0.4, 0.5) is 0 Å². The Balaban J connectivity index is 4.77. The van der Waals surface area contributed by atoms with E-state index in [0.29, 0.717) is 0 Å². The summed E-state index contributed by atoms with van der Waals surface area (Å²) in [5.74, 6) is 0. The summed E-state index contributed by atoms with van der Waals surface area (Å²) in [7, 11) is -4.41. The Kier molecular flexibility index (Phi) is 1.97. The fourth-order valence-electron chi connectivity index (χ4n) is 0.105. The van der Waals surface area contributed by atoms with Crippen molar-refractivity contribution < 1.29 is 13.0 Å². The molecule has 0 amide bonds. The van der Waals surface area contributed by atoms with E-state index in [1.165, 1.54) is 0 Å². The Hall–Kier alpha value is -0.430. The molecule has 0 fully saturated rings. The second-order valence-corrected chi connectivity index (χ2v) is 3.19. The zero-order valence-electron chi connectivity index (χ0n) is 4.61. The van der Waals surface area contributed by atoms with Crippen molar-refractivity contribution >= 4 is 10.1 Å². The molecular weight excluding hydrogens is 144 g/mol. The minimum absolute atomic E-state index is 0.738. The maximum Gasteiger partial charge on any atom is 0.301 e. The number of nitrogens with two attached hydrogens (primary N) is 2. The molecule has 0 atom stereocenters. The molecule has 6 heteroatoms. The van der Waals surface area contributed by atoms with Crippen LogP contribution in [0.15, 0.2) is 12.7 Å². The van der Waals surface area contributed by atoms with Crippen LogP contribution in [-0.4, -0.2) is 18.0 Å². The van der Waals surface area contributed by atoms with Crippen LogP contribution in [0, 0.1) is 0 Å². The molecular formula is C3H8N2O3S. The summed E-state index contributed by atoms with van der Waals surface area (Å²) in [4.78, 5) is -2.23. The molecule has 0 aliphatic rings. The van der Waals surface area contributed by atoms with E-state index in [1.54, 1.807) is 0 Å². The van der Waals surface area contributed by atoms with Gasteiger partial charge in [0.1, 0.15) is 0 Å². The lowest BCUT2D eigenvalue weighted by Crippen LogP contribution is -2.53. The molecule has 0 spiro atoms. The van der Waals surface area contributed by atoms with Crippen molar-refractivity contribution in [1.29, 1.82) is 0 Å². The average Bonchev–Trinajstić information content (AvgIpc) is 1.64. The SMILES string of the molecule is C=CC(N)(N)S(=O)(=O)O. The molecule has 0 radical (unpaired) electrons. The predicted molar refractivity (Wildman–Crippen MR) is 32.9 cm³/mol. The van der Waals surface area contributed by atoms with Crippen LogP contribution in [0.3, 0.4) is 0 Å². The highest BCUT2D eigenvalue weighted by molar-refractivity contribution is 7.87. The van der Waals surface area contributed by atoms with Crippen molar-refractivity contribution in [3.8, 4) is 0 Å². The van der Waals surface area contributed by atoms with E-state index in [2.05, 4.69) is 6.58 Å². The zero-order valence-corrected chi connectivity index (χ0v) is 5.43. The van der Waals surface area contributed by atoms with Crippen molar-refractivity contribution in [3.63, 3.8) is 0 Å². The second kappa shape index (κ2) is 2.07. The van der Waals surface area contributed by atoms with Gasteiger partial charge in [-0.2, -0.15) is 8.42 Å². The van der Waals surface area contributed by atoms with Gasteiger partial charge in [0.25, 0.3) is 0 Å². The van der Waals surface area contributed by atoms with Crippen LogP contribution in [-0.2, 0) is 10.1 Å². The third kappa shape index (κ3) is 1.75. The van der Waals surface area contributed by atoms with Gasteiger partial charge >= 0.3 is 10.1 Å². The van der Waals surface area contributed by atoms with E-state index in [9.17, 15) is 8.42 Å². The van der Waals surface area contributed by atoms with Crippen molar-refractivity contribution in [2.24, 2.45) is 11.5 Å². The molecule has 0 bridgehead atoms. The van der Waals surface area contributed by atoms with E-state index in [0.717, 1.165) is 6.08 Å². The molecule has 0 aromatic carbocycles. The van der Waals surface area contributed by atoms with Crippen molar-refractivity contribution in [1.82, 2.24) is 0 Å². The Morgan fingerprint density at radius 3 is 1.89 bits per heavy atom. The normalized spacial score (nSPS) is 13.2. The summed E-state index contributed by atoms with van der Waals surface area (Å²) < 4.78 is 28.4. The van der Waals surface area contributed by atoms with Gasteiger partial charge < -0.3 is 0 Å². The number of hydrogen-bond donors (Lipinski definition) is 3. The van der Waals surface area contributed by atoms with Crippen LogP contribution in [0.25, 0.3) is 0 Å². The molecule has 5 nitrogen and oxygen atoms in total. The van der Waals surface area contributed by atoms with E-state index in [4.69, 9.17) is 16.0 Å². The van der Waals surface area contributed by atoms with Crippen LogP contribution in [0.2, 0.25) is 0 Å². The molecule has 0 aliphatic heterocycles. The third-order valence-electron chi connectivity index (χ3n) is 0.766. The van der Waals surface area contributed by atoms with Gasteiger partial charge in [-0.05, 0) is 6.08 Å². The quantitative estimate of drug-likeness (QED) is 0.257. The van der Waals surface area contributed by atoms with Gasteiger partial charge in [-0.25, -0.2) is 0 Å². The maximum absolute atomic E-state index is 10.1. The third-order valence-corrected chi connectivity index (χ3v) is 1.83. The topological polar surface area (TPSA) is 106 Å². The van der Waals surface area contributed by atoms with Crippen LogP contribution in [0.5, 0.6) is 0 Å². The zero-order chi connectivity index (χ0) is 7.71. The molecule has 0 aromatic heterocycles. The van der Waals surface area contributed by atoms with Crippen LogP contribution >= 0.6 is 0 Å². The standard InChI is InChI=1S/C3H8N2O3S/c1-2-3(4,5)9(6,7)8/h2H,1,4-5H2,(H,6,7,8). The smallest absolute Gasteiger partial charge is 0.295 e. The lowest BCUT2D eigenvalue weighted by atomic mass is 10.5. The fraction of sp³-hybridized carbons (Fsp3) is 0.333. The molecule has 0 unspecified atom stereocenters. The average molecular weight is 152 g/mol. The molecule has 0 heterocycles. The predicted octanol–water partition coefficient (Wildman–Crippen LogP) is -1.37. The lowest BCUT2D eigenvalue weighted by molar-refractivity contribution is 0.451. The summed E-state index contributed by atoms with van der Waals surface area (Å²) in [5.41, 5.74) is 9.63. The Morgan fingerprint density at radius 1 is 1.56 bits per heavy atom. The largest absolute Gasteiger partial charge is 0.301 e. The van der Waals surface area contributed by atoms with Gasteiger partial charge in [0, 0.05) is 0 Å². The molecule has 0 aromatic rings. The van der Waals surface area contributed by atoms with Crippen LogP contribution < -0.4 is 11.5 Å². The van der Waals surface area contributed by atoms with Crippen LogP contribution in [0.1, 0.15) is 0 Å².